The van der Waals surface area contributed by atoms with Gasteiger partial charge in [-0.15, -0.1) is 0 Å². The van der Waals surface area contributed by atoms with Crippen molar-refractivity contribution in [2.24, 2.45) is 0 Å². The zero-order valence-electron chi connectivity index (χ0n) is 8.11. The first-order valence-electron chi connectivity index (χ1n) is 2.10. The van der Waals surface area contributed by atoms with Gasteiger partial charge in [-0.25, -0.2) is 0 Å². The van der Waals surface area contributed by atoms with Crippen molar-refractivity contribution in [3.8, 4) is 0 Å². The van der Waals surface area contributed by atoms with Gasteiger partial charge in [0.1, 0.15) is 0 Å². The summed E-state index contributed by atoms with van der Waals surface area (Å²) in [5, 5.41) is 0. The third-order valence-corrected chi connectivity index (χ3v) is 0. The normalized spacial score (nSPS) is 9.16. The quantitative estimate of drug-likeness (QED) is 0.141. The topological polar surface area (TPSA) is 287 Å². The summed E-state index contributed by atoms with van der Waals surface area (Å²) in [5.41, 5.74) is 0. The van der Waals surface area contributed by atoms with Crippen molar-refractivity contribution >= 4 is 31.2 Å². The Kier molecular flexibility index (Phi) is 42.5. The van der Waals surface area contributed by atoms with E-state index in [9.17, 15) is 0 Å². The standard InChI is InChI=1S/2Eu.3H2O4S.2H2O/c;;3*1-5(2,3)4;;/h;;3*(H2,1,2,3,4);2*1H2. The molecular weight excluding hydrogens is 624 g/mol. The van der Waals surface area contributed by atoms with Crippen LogP contribution in [-0.4, -0.2) is 63.5 Å². The van der Waals surface area contributed by atoms with Gasteiger partial charge in [-0.1, -0.05) is 0 Å². The fourth-order valence-electron chi connectivity index (χ4n) is 0. The van der Waals surface area contributed by atoms with Crippen LogP contribution in [0.4, 0.5) is 0 Å². The van der Waals surface area contributed by atoms with E-state index >= 15 is 0 Å². The zero-order valence-corrected chi connectivity index (χ0v) is 15.4. The van der Waals surface area contributed by atoms with E-state index < -0.39 is 31.2 Å². The van der Waals surface area contributed by atoms with Crippen molar-refractivity contribution in [1.29, 1.82) is 0 Å². The Balaban J connectivity index is -0.0000000206. The number of rotatable bonds is 0. The summed E-state index contributed by atoms with van der Waals surface area (Å²) in [4.78, 5) is 0. The Morgan fingerprint density at radius 1 is 0.421 bits per heavy atom. The van der Waals surface area contributed by atoms with Gasteiger partial charge in [0.2, 0.25) is 0 Å². The van der Waals surface area contributed by atoms with Crippen molar-refractivity contribution in [1.82, 2.24) is 0 Å². The van der Waals surface area contributed by atoms with Crippen LogP contribution in [0.5, 0.6) is 0 Å². The molecule has 0 amide bonds. The summed E-state index contributed by atoms with van der Waals surface area (Å²) in [5.74, 6) is 0. The summed E-state index contributed by atoms with van der Waals surface area (Å²) in [6, 6.07) is 0. The van der Waals surface area contributed by atoms with E-state index in [1.807, 2.05) is 0 Å². The van der Waals surface area contributed by atoms with Gasteiger partial charge in [0.05, 0.1) is 0 Å². The Morgan fingerprint density at radius 3 is 0.421 bits per heavy atom. The van der Waals surface area contributed by atoms with Crippen LogP contribution >= 0.6 is 0 Å². The minimum Gasteiger partial charge on any atom is -0.412 e. The molecule has 0 heterocycles. The molecule has 0 saturated carbocycles. The third-order valence-electron chi connectivity index (χ3n) is 0. The third kappa shape index (κ3) is 994. The first-order chi connectivity index (χ1) is 6.00. The molecular formula is H10Eu2O14S3. The average Bonchev–Trinajstić information content (AvgIpc) is 1.41. The van der Waals surface area contributed by atoms with Crippen LogP contribution in [0, 0.1) is 98.8 Å². The summed E-state index contributed by atoms with van der Waals surface area (Å²) in [6.45, 7) is 0. The van der Waals surface area contributed by atoms with Crippen LogP contribution < -0.4 is 0 Å². The molecule has 0 aromatic heterocycles. The smallest absolute Gasteiger partial charge is 0.394 e. The maximum atomic E-state index is 8.74. The van der Waals surface area contributed by atoms with Crippen LogP contribution in [0.2, 0.25) is 0 Å². The molecule has 0 fully saturated rings. The molecule has 126 valence electrons. The first kappa shape index (κ1) is 43.0. The molecule has 0 aliphatic rings. The zero-order chi connectivity index (χ0) is 13.5. The molecule has 14 nitrogen and oxygen atoms in total. The van der Waals surface area contributed by atoms with Crippen molar-refractivity contribution in [3.63, 3.8) is 0 Å². The van der Waals surface area contributed by atoms with Gasteiger partial charge < -0.3 is 11.0 Å². The Bertz CT molecular complexity index is 342. The molecule has 0 aliphatic carbocycles. The largest absolute Gasteiger partial charge is 0.412 e. The van der Waals surface area contributed by atoms with Gasteiger partial charge in [-0.2, -0.15) is 25.3 Å². The molecule has 0 aromatic carbocycles. The van der Waals surface area contributed by atoms with E-state index in [2.05, 4.69) is 0 Å². The van der Waals surface area contributed by atoms with E-state index in [1.165, 1.54) is 0 Å². The minimum atomic E-state index is -4.67. The fraction of sp³-hybridized carbons (Fsp3) is 0. The summed E-state index contributed by atoms with van der Waals surface area (Å²) >= 11 is 0. The van der Waals surface area contributed by atoms with Gasteiger partial charge in [0.25, 0.3) is 0 Å². The molecule has 19 heteroatoms. The van der Waals surface area contributed by atoms with E-state index in [-0.39, 0.29) is 110 Å². The predicted molar refractivity (Wildman–Crippen MR) is 49.8 cm³/mol. The Morgan fingerprint density at radius 2 is 0.421 bits per heavy atom. The summed E-state index contributed by atoms with van der Waals surface area (Å²) < 4.78 is 94.8. The molecule has 0 rings (SSSR count). The minimum absolute atomic E-state index is 0. The average molecular weight is 634 g/mol. The maximum absolute atomic E-state index is 8.74. The number of hydrogen-bond acceptors (Lipinski definition) is 6. The van der Waals surface area contributed by atoms with Crippen LogP contribution in [0.1, 0.15) is 0 Å². The van der Waals surface area contributed by atoms with Crippen LogP contribution in [0.3, 0.4) is 0 Å². The monoisotopic (exact) mass is 636 g/mol. The molecule has 0 bridgehead atoms. The molecule has 19 heavy (non-hydrogen) atoms. The molecule has 2 radical (unpaired) electrons. The van der Waals surface area contributed by atoms with Gasteiger partial charge >= 0.3 is 31.2 Å². The van der Waals surface area contributed by atoms with Crippen molar-refractivity contribution in [2.75, 3.05) is 0 Å². The molecule has 0 unspecified atom stereocenters. The van der Waals surface area contributed by atoms with E-state index in [1.54, 1.807) is 0 Å². The molecule has 0 aliphatic heterocycles. The predicted octanol–water partition coefficient (Wildman–Crippen LogP) is -3.61. The van der Waals surface area contributed by atoms with Crippen LogP contribution in [0.15, 0.2) is 0 Å². The second-order valence-corrected chi connectivity index (χ2v) is 4.03. The first-order valence-corrected chi connectivity index (χ1v) is 6.29. The van der Waals surface area contributed by atoms with Crippen molar-refractivity contribution in [2.45, 2.75) is 0 Å². The van der Waals surface area contributed by atoms with Gasteiger partial charge in [0, 0.05) is 98.8 Å². The second kappa shape index (κ2) is 18.7. The van der Waals surface area contributed by atoms with Gasteiger partial charge in [0.15, 0.2) is 0 Å². The van der Waals surface area contributed by atoms with Crippen molar-refractivity contribution < 1.29 is 162 Å². The Hall–Kier alpha value is 2.70. The fourth-order valence-corrected chi connectivity index (χ4v) is 0. The van der Waals surface area contributed by atoms with Crippen LogP contribution in [-0.2, 0) is 31.2 Å². The van der Waals surface area contributed by atoms with Gasteiger partial charge in [-0.05, 0) is 0 Å². The molecule has 10 N–H and O–H groups in total. The molecule has 0 aromatic rings. The van der Waals surface area contributed by atoms with Crippen LogP contribution in [0.25, 0.3) is 0 Å². The maximum Gasteiger partial charge on any atom is 0.394 e. The summed E-state index contributed by atoms with van der Waals surface area (Å²) in [6.07, 6.45) is 0. The summed E-state index contributed by atoms with van der Waals surface area (Å²) in [7, 11) is -14.0. The second-order valence-electron chi connectivity index (χ2n) is 1.34. The van der Waals surface area contributed by atoms with E-state index in [4.69, 9.17) is 52.6 Å². The molecule has 0 atom stereocenters. The van der Waals surface area contributed by atoms with E-state index in [0.29, 0.717) is 0 Å². The van der Waals surface area contributed by atoms with E-state index in [0.717, 1.165) is 0 Å². The molecule has 0 saturated heterocycles. The SMILES string of the molecule is O.O.O=S(=O)(O)O.O=S(=O)(O)O.O=S(=O)(O)O.[Eu].[Eu]. The Labute approximate surface area is 189 Å². The van der Waals surface area contributed by atoms with Gasteiger partial charge in [-0.3, -0.25) is 27.3 Å². The molecule has 0 spiro atoms. The van der Waals surface area contributed by atoms with Crippen molar-refractivity contribution in [3.05, 3.63) is 0 Å². The number of hydrogen-bond donors (Lipinski definition) is 6.